The molecule has 1 aliphatic heterocycles. The van der Waals surface area contributed by atoms with Crippen molar-refractivity contribution in [2.24, 2.45) is 5.11 Å². The topological polar surface area (TPSA) is 85.7 Å². The van der Waals surface area contributed by atoms with Crippen molar-refractivity contribution in [2.75, 3.05) is 6.61 Å². The van der Waals surface area contributed by atoms with Crippen molar-refractivity contribution < 1.29 is 23.3 Å². The molecule has 1 heterocycles. The molecule has 5 atom stereocenters. The van der Waals surface area contributed by atoms with Gasteiger partial charge in [-0.25, -0.2) is 4.39 Å². The molecule has 0 unspecified atom stereocenters. The van der Waals surface area contributed by atoms with Crippen LogP contribution in [0.2, 0.25) is 0 Å². The van der Waals surface area contributed by atoms with Gasteiger partial charge in [-0.15, -0.1) is 0 Å². The van der Waals surface area contributed by atoms with Gasteiger partial charge in [-0.1, -0.05) is 96.1 Å². The Morgan fingerprint density at radius 3 is 1.74 bits per heavy atom. The molecule has 3 aromatic carbocycles. The largest absolute Gasteiger partial charge is 0.374 e. The highest BCUT2D eigenvalue weighted by atomic mass is 19.1. The summed E-state index contributed by atoms with van der Waals surface area (Å²) in [5.74, 6) is 0. The number of rotatable bonds is 11. The molecule has 1 aliphatic rings. The summed E-state index contributed by atoms with van der Waals surface area (Å²) in [5, 5.41) is 3.66. The van der Waals surface area contributed by atoms with Gasteiger partial charge in [0.15, 0.2) is 0 Å². The summed E-state index contributed by atoms with van der Waals surface area (Å²) in [6.45, 7) is 0.898. The number of halogens is 1. The molecule has 0 N–H and O–H groups in total. The fraction of sp³-hybridized carbons (Fsp3) is 0.333. The molecule has 8 heteroatoms. The third-order valence-corrected chi connectivity index (χ3v) is 5.75. The van der Waals surface area contributed by atoms with Crippen molar-refractivity contribution >= 4 is 0 Å². The van der Waals surface area contributed by atoms with E-state index in [1.165, 1.54) is 0 Å². The van der Waals surface area contributed by atoms with E-state index < -0.39 is 30.7 Å². The molecular weight excluding hydrogens is 449 g/mol. The summed E-state index contributed by atoms with van der Waals surface area (Å²) in [5.41, 5.74) is 11.9. The molecule has 4 rings (SSSR count). The normalized spacial score (nSPS) is 24.0. The van der Waals surface area contributed by atoms with Crippen LogP contribution in [0.5, 0.6) is 0 Å². The second-order valence-corrected chi connectivity index (χ2v) is 8.24. The third-order valence-electron chi connectivity index (χ3n) is 5.75. The van der Waals surface area contributed by atoms with Crippen molar-refractivity contribution in [3.05, 3.63) is 118 Å². The number of alkyl halides is 1. The Kier molecular flexibility index (Phi) is 9.23. The zero-order valence-electron chi connectivity index (χ0n) is 19.2. The van der Waals surface area contributed by atoms with E-state index in [2.05, 4.69) is 10.0 Å². The third kappa shape index (κ3) is 7.11. The quantitative estimate of drug-likeness (QED) is 0.200. The van der Waals surface area contributed by atoms with E-state index in [-0.39, 0.29) is 19.8 Å². The van der Waals surface area contributed by atoms with Crippen LogP contribution in [0.25, 0.3) is 10.4 Å². The maximum absolute atomic E-state index is 15.1. The Morgan fingerprint density at radius 1 is 0.743 bits per heavy atom. The van der Waals surface area contributed by atoms with Crippen molar-refractivity contribution in [1.82, 2.24) is 0 Å². The molecule has 0 bridgehead atoms. The fourth-order valence-electron chi connectivity index (χ4n) is 3.99. The van der Waals surface area contributed by atoms with Crippen LogP contribution in [0.3, 0.4) is 0 Å². The van der Waals surface area contributed by atoms with E-state index in [9.17, 15) is 0 Å². The second kappa shape index (κ2) is 13.0. The lowest BCUT2D eigenvalue weighted by Crippen LogP contribution is -2.58. The number of hydrogen-bond donors (Lipinski definition) is 0. The molecule has 35 heavy (non-hydrogen) atoms. The molecule has 0 saturated carbocycles. The zero-order valence-corrected chi connectivity index (χ0v) is 19.2. The first kappa shape index (κ1) is 24.9. The van der Waals surface area contributed by atoms with Gasteiger partial charge in [0, 0.05) is 4.91 Å². The van der Waals surface area contributed by atoms with Gasteiger partial charge >= 0.3 is 0 Å². The molecule has 3 aromatic rings. The predicted molar refractivity (Wildman–Crippen MR) is 129 cm³/mol. The van der Waals surface area contributed by atoms with Crippen molar-refractivity contribution in [3.63, 3.8) is 0 Å². The first-order valence-electron chi connectivity index (χ1n) is 11.5. The Bertz CT molecular complexity index is 1070. The predicted octanol–water partition coefficient (Wildman–Crippen LogP) is 5.75. The van der Waals surface area contributed by atoms with E-state index in [0.29, 0.717) is 6.61 Å². The molecule has 0 radical (unpaired) electrons. The van der Waals surface area contributed by atoms with E-state index >= 15 is 4.39 Å². The average molecular weight is 478 g/mol. The molecule has 7 nitrogen and oxygen atoms in total. The minimum atomic E-state index is -1.85. The van der Waals surface area contributed by atoms with Gasteiger partial charge in [0.05, 0.1) is 26.4 Å². The van der Waals surface area contributed by atoms with Crippen LogP contribution in [-0.2, 0) is 38.8 Å². The van der Waals surface area contributed by atoms with E-state index in [1.807, 2.05) is 91.0 Å². The summed E-state index contributed by atoms with van der Waals surface area (Å²) >= 11 is 0. The summed E-state index contributed by atoms with van der Waals surface area (Å²) in [7, 11) is 0. The van der Waals surface area contributed by atoms with Crippen molar-refractivity contribution in [2.45, 2.75) is 50.5 Å². The maximum atomic E-state index is 15.1. The summed E-state index contributed by atoms with van der Waals surface area (Å²) in [6, 6.07) is 27.6. The van der Waals surface area contributed by atoms with E-state index in [4.69, 9.17) is 24.5 Å². The van der Waals surface area contributed by atoms with Crippen LogP contribution in [-0.4, -0.2) is 37.3 Å². The molecular formula is C27H28FN3O4. The van der Waals surface area contributed by atoms with Gasteiger partial charge in [0.25, 0.3) is 0 Å². The van der Waals surface area contributed by atoms with E-state index in [0.717, 1.165) is 16.7 Å². The van der Waals surface area contributed by atoms with Crippen LogP contribution in [0.1, 0.15) is 16.7 Å². The Morgan fingerprint density at radius 2 is 1.23 bits per heavy atom. The summed E-state index contributed by atoms with van der Waals surface area (Å²) < 4.78 is 38.9. The number of benzene rings is 3. The Balaban J connectivity index is 1.52. The van der Waals surface area contributed by atoms with Gasteiger partial charge in [-0.2, -0.15) is 0 Å². The molecule has 0 spiro atoms. The van der Waals surface area contributed by atoms with Crippen LogP contribution >= 0.6 is 0 Å². The van der Waals surface area contributed by atoms with Crippen molar-refractivity contribution in [3.8, 4) is 0 Å². The minimum Gasteiger partial charge on any atom is -0.374 e. The lowest BCUT2D eigenvalue weighted by atomic mass is 9.97. The average Bonchev–Trinajstić information content (AvgIpc) is 2.90. The number of hydrogen-bond acceptors (Lipinski definition) is 5. The highest BCUT2D eigenvalue weighted by Gasteiger charge is 2.47. The number of ether oxygens (including phenoxy) is 4. The molecule has 1 fully saturated rings. The smallest absolute Gasteiger partial charge is 0.210 e. The molecule has 0 aliphatic carbocycles. The van der Waals surface area contributed by atoms with Crippen LogP contribution in [0.4, 0.5) is 4.39 Å². The van der Waals surface area contributed by atoms with Crippen LogP contribution < -0.4 is 0 Å². The second-order valence-electron chi connectivity index (χ2n) is 8.24. The monoisotopic (exact) mass is 477 g/mol. The summed E-state index contributed by atoms with van der Waals surface area (Å²) in [4.78, 5) is 2.83. The van der Waals surface area contributed by atoms with Gasteiger partial charge in [-0.05, 0) is 22.2 Å². The minimum absolute atomic E-state index is 0.0863. The van der Waals surface area contributed by atoms with Crippen LogP contribution in [0.15, 0.2) is 96.1 Å². The van der Waals surface area contributed by atoms with E-state index in [1.54, 1.807) is 0 Å². The lowest BCUT2D eigenvalue weighted by Gasteiger charge is -2.42. The van der Waals surface area contributed by atoms with Crippen molar-refractivity contribution in [1.29, 1.82) is 0 Å². The van der Waals surface area contributed by atoms with Gasteiger partial charge < -0.3 is 18.9 Å². The first-order chi connectivity index (χ1) is 17.2. The van der Waals surface area contributed by atoms with Gasteiger partial charge in [0.1, 0.15) is 24.4 Å². The molecule has 182 valence electrons. The number of azide groups is 1. The van der Waals surface area contributed by atoms with Gasteiger partial charge in [-0.3, -0.25) is 0 Å². The highest BCUT2D eigenvalue weighted by Crippen LogP contribution is 2.31. The SMILES string of the molecule is [N-]=[N+]=N[C@@H]1[C@@H](OCc2ccccc2)[C@H](OCc2ccccc2)[C@@H](COCc2ccccc2)O[C@H]1F. The standard InChI is InChI=1S/C27H28FN3O4/c28-27-24(30-31-29)26(34-18-22-14-8-3-9-15-22)25(33-17-21-12-6-2-7-13-21)23(35-27)19-32-16-20-10-4-1-5-11-20/h1-15,23-27H,16-19H2/t23-,24-,25-,26-,27-/m1/s1. The highest BCUT2D eigenvalue weighted by molar-refractivity contribution is 5.15. The maximum Gasteiger partial charge on any atom is 0.210 e. The zero-order chi connectivity index (χ0) is 24.3. The Hall–Kier alpha value is -3.26. The van der Waals surface area contributed by atoms with Crippen LogP contribution in [0, 0.1) is 0 Å². The lowest BCUT2D eigenvalue weighted by molar-refractivity contribution is -0.253. The first-order valence-corrected chi connectivity index (χ1v) is 11.5. The molecule has 1 saturated heterocycles. The number of nitrogens with zero attached hydrogens (tertiary/aromatic N) is 3. The fourth-order valence-corrected chi connectivity index (χ4v) is 3.99. The Labute approximate surface area is 204 Å². The molecule has 0 aromatic heterocycles. The van der Waals surface area contributed by atoms with Gasteiger partial charge in [0.2, 0.25) is 6.36 Å². The molecule has 0 amide bonds. The summed E-state index contributed by atoms with van der Waals surface area (Å²) in [6.07, 6.45) is -4.21.